The van der Waals surface area contributed by atoms with Gasteiger partial charge in [-0.2, -0.15) is 0 Å². The molecule has 0 fully saturated rings. The minimum atomic E-state index is -0.530. The van der Waals surface area contributed by atoms with Crippen LogP contribution in [0, 0.1) is 13.8 Å². The van der Waals surface area contributed by atoms with Crippen LogP contribution in [0.25, 0.3) is 0 Å². The summed E-state index contributed by atoms with van der Waals surface area (Å²) in [5, 5.41) is 0. The van der Waals surface area contributed by atoms with Crippen molar-refractivity contribution in [3.63, 3.8) is 0 Å². The van der Waals surface area contributed by atoms with Crippen LogP contribution in [0.5, 0.6) is 0 Å². The average Bonchev–Trinajstić information content (AvgIpc) is 2.76. The van der Waals surface area contributed by atoms with E-state index in [4.69, 9.17) is 4.74 Å². The third-order valence-electron chi connectivity index (χ3n) is 5.94. The molecule has 3 rings (SSSR count). The second-order valence-corrected chi connectivity index (χ2v) is 7.99. The molecule has 5 heteroatoms. The lowest BCUT2D eigenvalue weighted by Gasteiger charge is -2.33. The molecule has 1 amide bonds. The van der Waals surface area contributed by atoms with Crippen molar-refractivity contribution in [2.24, 2.45) is 0 Å². The Balaban J connectivity index is 1.48. The molecule has 0 radical (unpaired) electrons. The molecule has 1 unspecified atom stereocenters. The molecular weight excluding hydrogens is 378 g/mol. The van der Waals surface area contributed by atoms with Crippen LogP contribution >= 0.6 is 0 Å². The Labute approximate surface area is 178 Å². The van der Waals surface area contributed by atoms with Crippen molar-refractivity contribution >= 4 is 17.7 Å². The lowest BCUT2D eigenvalue weighted by molar-refractivity contribution is -0.152. The molecule has 0 spiro atoms. The summed E-state index contributed by atoms with van der Waals surface area (Å²) in [5.41, 5.74) is 5.20. The second-order valence-electron chi connectivity index (χ2n) is 7.99. The highest BCUT2D eigenvalue weighted by Crippen LogP contribution is 2.33. The number of benzene rings is 2. The number of nitrogens with zero attached hydrogens (tertiary/aromatic N) is 1. The molecule has 0 aromatic heterocycles. The smallest absolute Gasteiger partial charge is 0.306 e. The third kappa shape index (κ3) is 5.15. The van der Waals surface area contributed by atoms with E-state index in [2.05, 4.69) is 12.1 Å². The molecule has 158 valence electrons. The predicted octanol–water partition coefficient (Wildman–Crippen LogP) is 4.35. The number of ether oxygens (including phenoxy) is 1. The Bertz CT molecular complexity index is 950. The number of carbonyl (C=O) groups is 3. The van der Waals surface area contributed by atoms with Crippen LogP contribution in [0.4, 0.5) is 0 Å². The zero-order chi connectivity index (χ0) is 21.7. The quantitative estimate of drug-likeness (QED) is 0.506. The van der Waals surface area contributed by atoms with E-state index in [0.717, 1.165) is 30.4 Å². The van der Waals surface area contributed by atoms with Gasteiger partial charge in [-0.15, -0.1) is 0 Å². The van der Waals surface area contributed by atoms with E-state index in [1.165, 1.54) is 11.1 Å². The minimum absolute atomic E-state index is 0.00695. The summed E-state index contributed by atoms with van der Waals surface area (Å²) in [4.78, 5) is 38.6. The summed E-state index contributed by atoms with van der Waals surface area (Å²) in [6, 6.07) is 13.7. The highest BCUT2D eigenvalue weighted by atomic mass is 16.5. The molecule has 1 aliphatic carbocycles. The maximum atomic E-state index is 12.6. The molecule has 1 aliphatic rings. The van der Waals surface area contributed by atoms with Crippen LogP contribution < -0.4 is 0 Å². The van der Waals surface area contributed by atoms with Crippen LogP contribution in [0.3, 0.4) is 0 Å². The first-order chi connectivity index (χ1) is 14.4. The van der Waals surface area contributed by atoms with Gasteiger partial charge >= 0.3 is 5.97 Å². The third-order valence-corrected chi connectivity index (χ3v) is 5.94. The normalized spacial score (nSPS) is 15.2. The minimum Gasteiger partial charge on any atom is -0.456 e. The van der Waals surface area contributed by atoms with Gasteiger partial charge in [-0.05, 0) is 61.4 Å². The number of Topliss-reactive ketones (excluding diaryl/α,β-unsaturated/α-hetero) is 1. The number of fused-ring (bicyclic) bond motifs is 1. The number of amides is 1. The summed E-state index contributed by atoms with van der Waals surface area (Å²) in [5.74, 6) is -0.860. The van der Waals surface area contributed by atoms with E-state index >= 15 is 0 Å². The topological polar surface area (TPSA) is 63.7 Å². The van der Waals surface area contributed by atoms with Crippen molar-refractivity contribution in [2.45, 2.75) is 52.0 Å². The number of esters is 1. The Morgan fingerprint density at radius 1 is 1.03 bits per heavy atom. The zero-order valence-electron chi connectivity index (χ0n) is 17.9. The molecule has 30 heavy (non-hydrogen) atoms. The first-order valence-corrected chi connectivity index (χ1v) is 10.5. The number of rotatable bonds is 7. The molecule has 0 bridgehead atoms. The van der Waals surface area contributed by atoms with E-state index in [9.17, 15) is 14.4 Å². The van der Waals surface area contributed by atoms with Crippen LogP contribution in [-0.4, -0.2) is 36.2 Å². The van der Waals surface area contributed by atoms with Crippen molar-refractivity contribution < 1.29 is 19.1 Å². The van der Waals surface area contributed by atoms with Crippen LogP contribution in [0.2, 0.25) is 0 Å². The van der Waals surface area contributed by atoms with Crippen LogP contribution in [0.1, 0.15) is 64.3 Å². The van der Waals surface area contributed by atoms with E-state index < -0.39 is 5.97 Å². The number of carbonyl (C=O) groups excluding carboxylic acids is 3. The highest BCUT2D eigenvalue weighted by Gasteiger charge is 2.27. The largest absolute Gasteiger partial charge is 0.456 e. The molecule has 2 aromatic rings. The number of ketones is 1. The van der Waals surface area contributed by atoms with Crippen molar-refractivity contribution in [2.75, 3.05) is 13.7 Å². The van der Waals surface area contributed by atoms with Gasteiger partial charge in [0.1, 0.15) is 0 Å². The molecule has 0 saturated heterocycles. The highest BCUT2D eigenvalue weighted by molar-refractivity contribution is 5.97. The summed E-state index contributed by atoms with van der Waals surface area (Å²) >= 11 is 0. The summed E-state index contributed by atoms with van der Waals surface area (Å²) in [6.07, 6.45) is 2.99. The monoisotopic (exact) mass is 407 g/mol. The van der Waals surface area contributed by atoms with Gasteiger partial charge in [-0.25, -0.2) is 0 Å². The fraction of sp³-hybridized carbons (Fsp3) is 0.400. The van der Waals surface area contributed by atoms with Gasteiger partial charge in [-0.1, -0.05) is 36.4 Å². The van der Waals surface area contributed by atoms with E-state index in [1.54, 1.807) is 18.0 Å². The van der Waals surface area contributed by atoms with Gasteiger partial charge < -0.3 is 9.64 Å². The van der Waals surface area contributed by atoms with Crippen LogP contribution in [0.15, 0.2) is 42.5 Å². The zero-order valence-corrected chi connectivity index (χ0v) is 17.9. The summed E-state index contributed by atoms with van der Waals surface area (Å²) in [6.45, 7) is 3.64. The Hall–Kier alpha value is -2.95. The lowest BCUT2D eigenvalue weighted by Crippen LogP contribution is -2.36. The van der Waals surface area contributed by atoms with Gasteiger partial charge in [-0.3, -0.25) is 14.4 Å². The van der Waals surface area contributed by atoms with E-state index in [-0.39, 0.29) is 37.2 Å². The molecule has 1 atom stereocenters. The molecular formula is C25H29NO4. The SMILES string of the molecule is Cc1ccc(C(=O)CCC(=O)OCC(=O)N(C)C2CCCc3ccccc32)cc1C. The van der Waals surface area contributed by atoms with Crippen LogP contribution in [-0.2, 0) is 20.7 Å². The van der Waals surface area contributed by atoms with Gasteiger partial charge in [0.2, 0.25) is 0 Å². The van der Waals surface area contributed by atoms with E-state index in [0.29, 0.717) is 5.56 Å². The Morgan fingerprint density at radius 2 is 1.80 bits per heavy atom. The number of hydrogen-bond donors (Lipinski definition) is 0. The van der Waals surface area contributed by atoms with Gasteiger partial charge in [0.15, 0.2) is 12.4 Å². The maximum absolute atomic E-state index is 12.6. The fourth-order valence-corrected chi connectivity index (χ4v) is 3.90. The second kappa shape index (κ2) is 9.70. The molecule has 0 saturated carbocycles. The first kappa shape index (κ1) is 21.8. The summed E-state index contributed by atoms with van der Waals surface area (Å²) in [7, 11) is 1.76. The van der Waals surface area contributed by atoms with Crippen molar-refractivity contribution in [3.05, 3.63) is 70.3 Å². The molecule has 0 heterocycles. The lowest BCUT2D eigenvalue weighted by atomic mass is 9.87. The van der Waals surface area contributed by atoms with Crippen molar-refractivity contribution in [1.29, 1.82) is 0 Å². The first-order valence-electron chi connectivity index (χ1n) is 10.5. The maximum Gasteiger partial charge on any atom is 0.306 e. The van der Waals surface area contributed by atoms with E-state index in [1.807, 2.05) is 38.1 Å². The number of hydrogen-bond acceptors (Lipinski definition) is 4. The van der Waals surface area contributed by atoms with Crippen molar-refractivity contribution in [3.8, 4) is 0 Å². The fourth-order valence-electron chi connectivity index (χ4n) is 3.90. The standard InChI is InChI=1S/C25H29NO4/c1-17-11-12-20(15-18(17)2)23(27)13-14-25(29)30-16-24(28)26(3)22-10-6-8-19-7-4-5-9-21(19)22/h4-5,7,9,11-12,15,22H,6,8,10,13-14,16H2,1-3H3. The number of likely N-dealkylation sites (N-methyl/N-ethyl adjacent to an activating group) is 1. The summed E-state index contributed by atoms with van der Waals surface area (Å²) < 4.78 is 5.15. The molecule has 0 N–H and O–H groups in total. The molecule has 2 aromatic carbocycles. The average molecular weight is 408 g/mol. The van der Waals surface area contributed by atoms with Gasteiger partial charge in [0, 0.05) is 19.0 Å². The number of aryl methyl sites for hydroxylation is 3. The Kier molecular flexibility index (Phi) is 7.03. The van der Waals surface area contributed by atoms with Crippen molar-refractivity contribution in [1.82, 2.24) is 4.90 Å². The molecule has 5 nitrogen and oxygen atoms in total. The van der Waals surface area contributed by atoms with Gasteiger partial charge in [0.05, 0.1) is 12.5 Å². The predicted molar refractivity (Wildman–Crippen MR) is 115 cm³/mol. The molecule has 0 aliphatic heterocycles. The van der Waals surface area contributed by atoms with Gasteiger partial charge in [0.25, 0.3) is 5.91 Å². The Morgan fingerprint density at radius 3 is 2.57 bits per heavy atom.